The molecule has 0 bridgehead atoms. The second kappa shape index (κ2) is 5.48. The van der Waals surface area contributed by atoms with Crippen LogP contribution in [0.25, 0.3) is 11.0 Å². The summed E-state index contributed by atoms with van der Waals surface area (Å²) in [5.74, 6) is 0.899. The Labute approximate surface area is 129 Å². The number of fused-ring (bicyclic) bond motifs is 1. The molecule has 1 aromatic heterocycles. The van der Waals surface area contributed by atoms with E-state index in [4.69, 9.17) is 11.6 Å². The average Bonchev–Trinajstić information content (AvgIpc) is 2.77. The first kappa shape index (κ1) is 14.6. The van der Waals surface area contributed by atoms with Crippen molar-refractivity contribution in [2.75, 3.05) is 5.01 Å². The quantitative estimate of drug-likeness (QED) is 0.778. The Kier molecular flexibility index (Phi) is 3.82. The minimum atomic E-state index is -0.215. The molecule has 114 valence electrons. The number of rotatable bonds is 2. The van der Waals surface area contributed by atoms with Gasteiger partial charge in [-0.15, -0.1) is 11.6 Å². The largest absolute Gasteiger partial charge is 0.305 e. The number of aryl methyl sites for hydroxylation is 1. The fourth-order valence-corrected chi connectivity index (χ4v) is 3.56. The van der Waals surface area contributed by atoms with Gasteiger partial charge in [0, 0.05) is 18.2 Å². The van der Waals surface area contributed by atoms with E-state index in [9.17, 15) is 4.39 Å². The van der Waals surface area contributed by atoms with E-state index in [1.54, 1.807) is 6.92 Å². The van der Waals surface area contributed by atoms with E-state index in [1.807, 2.05) is 6.07 Å². The zero-order chi connectivity index (χ0) is 15.1. The molecule has 2 atom stereocenters. The molecule has 1 aliphatic heterocycles. The third-order valence-electron chi connectivity index (χ3n) is 4.48. The van der Waals surface area contributed by atoms with E-state index in [-0.39, 0.29) is 5.82 Å². The molecule has 0 N–H and O–H groups in total. The minimum Gasteiger partial charge on any atom is -0.305 e. The molecule has 0 spiro atoms. The Morgan fingerprint density at radius 2 is 1.95 bits per heavy atom. The maximum absolute atomic E-state index is 13.8. The first-order valence-electron chi connectivity index (χ1n) is 7.55. The number of hydrogen-bond acceptors (Lipinski definition) is 2. The second-order valence-electron chi connectivity index (χ2n) is 6.07. The van der Waals surface area contributed by atoms with Crippen LogP contribution >= 0.6 is 11.6 Å². The van der Waals surface area contributed by atoms with Crippen LogP contribution in [0.1, 0.15) is 44.5 Å². The standard InChI is InChI=1S/C16H21ClFN3/c1-10-7-15-14(8-13(10)18)19-16(9-17)21(15)20-11(2)5-4-6-12(20)3/h7-8,11-12H,4-6,9H2,1-3H3. The maximum atomic E-state index is 13.8. The summed E-state index contributed by atoms with van der Waals surface area (Å²) in [5.41, 5.74) is 2.27. The third-order valence-corrected chi connectivity index (χ3v) is 4.71. The lowest BCUT2D eigenvalue weighted by molar-refractivity contribution is 0.337. The van der Waals surface area contributed by atoms with E-state index in [2.05, 4.69) is 28.5 Å². The zero-order valence-corrected chi connectivity index (χ0v) is 13.5. The van der Waals surface area contributed by atoms with Gasteiger partial charge in [-0.2, -0.15) is 0 Å². The molecule has 3 rings (SSSR count). The summed E-state index contributed by atoms with van der Waals surface area (Å²) in [6.45, 7) is 6.25. The Morgan fingerprint density at radius 1 is 1.29 bits per heavy atom. The zero-order valence-electron chi connectivity index (χ0n) is 12.7. The number of aromatic nitrogens is 2. The monoisotopic (exact) mass is 309 g/mol. The molecular weight excluding hydrogens is 289 g/mol. The number of benzene rings is 1. The van der Waals surface area contributed by atoms with Crippen molar-refractivity contribution in [1.82, 2.24) is 9.66 Å². The molecule has 0 amide bonds. The predicted molar refractivity (Wildman–Crippen MR) is 85.0 cm³/mol. The van der Waals surface area contributed by atoms with Gasteiger partial charge >= 0.3 is 0 Å². The third kappa shape index (κ3) is 2.39. The highest BCUT2D eigenvalue weighted by atomic mass is 35.5. The van der Waals surface area contributed by atoms with Crippen molar-refractivity contribution in [3.8, 4) is 0 Å². The van der Waals surface area contributed by atoms with Gasteiger partial charge in [0.1, 0.15) is 11.6 Å². The van der Waals surface area contributed by atoms with Gasteiger partial charge < -0.3 is 5.01 Å². The topological polar surface area (TPSA) is 21.1 Å². The maximum Gasteiger partial charge on any atom is 0.143 e. The molecule has 0 aliphatic carbocycles. The number of alkyl halides is 1. The van der Waals surface area contributed by atoms with E-state index in [0.29, 0.717) is 29.0 Å². The molecule has 0 radical (unpaired) electrons. The van der Waals surface area contributed by atoms with Crippen LogP contribution in [-0.4, -0.2) is 21.7 Å². The summed E-state index contributed by atoms with van der Waals surface area (Å²) in [4.78, 5) is 4.53. The number of imidazole rings is 1. The van der Waals surface area contributed by atoms with Crippen LogP contribution in [0.2, 0.25) is 0 Å². The Morgan fingerprint density at radius 3 is 2.57 bits per heavy atom. The van der Waals surface area contributed by atoms with Crippen molar-refractivity contribution >= 4 is 22.6 Å². The number of hydrogen-bond donors (Lipinski definition) is 0. The molecule has 1 saturated heterocycles. The normalized spacial score (nSPS) is 23.0. The molecule has 21 heavy (non-hydrogen) atoms. The lowest BCUT2D eigenvalue weighted by atomic mass is 10.00. The Bertz CT molecular complexity index is 657. The van der Waals surface area contributed by atoms with Crippen molar-refractivity contribution in [3.05, 3.63) is 29.3 Å². The number of nitrogens with zero attached hydrogens (tertiary/aromatic N) is 3. The predicted octanol–water partition coefficient (Wildman–Crippen LogP) is 4.12. The molecule has 5 heteroatoms. The van der Waals surface area contributed by atoms with Crippen LogP contribution in [0.4, 0.5) is 4.39 Å². The summed E-state index contributed by atoms with van der Waals surface area (Å²) in [5, 5.41) is 2.36. The van der Waals surface area contributed by atoms with Crippen LogP contribution in [-0.2, 0) is 5.88 Å². The van der Waals surface area contributed by atoms with Gasteiger partial charge in [0.25, 0.3) is 0 Å². The van der Waals surface area contributed by atoms with E-state index in [1.165, 1.54) is 12.5 Å². The van der Waals surface area contributed by atoms with Gasteiger partial charge in [-0.3, -0.25) is 0 Å². The highest BCUT2D eigenvalue weighted by molar-refractivity contribution is 6.16. The molecule has 2 aromatic rings. The van der Waals surface area contributed by atoms with Gasteiger partial charge in [-0.05, 0) is 51.7 Å². The van der Waals surface area contributed by atoms with Gasteiger partial charge in [-0.1, -0.05) is 0 Å². The van der Waals surface area contributed by atoms with Gasteiger partial charge in [0.15, 0.2) is 0 Å². The van der Waals surface area contributed by atoms with Crippen molar-refractivity contribution in [1.29, 1.82) is 0 Å². The van der Waals surface area contributed by atoms with Crippen LogP contribution in [0.5, 0.6) is 0 Å². The molecule has 1 fully saturated rings. The van der Waals surface area contributed by atoms with Crippen LogP contribution in [0.15, 0.2) is 12.1 Å². The van der Waals surface area contributed by atoms with E-state index >= 15 is 0 Å². The SMILES string of the molecule is Cc1cc2c(cc1F)nc(CCl)n2N1C(C)CCCC1C. The molecule has 1 aromatic carbocycles. The van der Waals surface area contributed by atoms with Crippen LogP contribution < -0.4 is 5.01 Å². The smallest absolute Gasteiger partial charge is 0.143 e. The first-order chi connectivity index (χ1) is 10.0. The second-order valence-corrected chi connectivity index (χ2v) is 6.34. The van der Waals surface area contributed by atoms with Crippen LogP contribution in [0, 0.1) is 12.7 Å². The lowest BCUT2D eigenvalue weighted by Gasteiger charge is -2.42. The van der Waals surface area contributed by atoms with Crippen molar-refractivity contribution < 1.29 is 4.39 Å². The first-order valence-corrected chi connectivity index (χ1v) is 8.08. The summed E-state index contributed by atoms with van der Waals surface area (Å²) >= 11 is 6.09. The molecule has 2 heterocycles. The Balaban J connectivity index is 2.22. The molecule has 0 saturated carbocycles. The van der Waals surface area contributed by atoms with E-state index in [0.717, 1.165) is 24.2 Å². The molecule has 2 unspecified atom stereocenters. The number of piperidine rings is 1. The number of halogens is 2. The fraction of sp³-hybridized carbons (Fsp3) is 0.562. The highest BCUT2D eigenvalue weighted by Crippen LogP contribution is 2.27. The summed E-state index contributed by atoms with van der Waals surface area (Å²) in [6.07, 6.45) is 3.56. The highest BCUT2D eigenvalue weighted by Gasteiger charge is 2.28. The Hall–Kier alpha value is -1.29. The molecule has 1 aliphatic rings. The van der Waals surface area contributed by atoms with Crippen molar-refractivity contribution in [3.63, 3.8) is 0 Å². The van der Waals surface area contributed by atoms with Crippen molar-refractivity contribution in [2.24, 2.45) is 0 Å². The average molecular weight is 310 g/mol. The van der Waals surface area contributed by atoms with Gasteiger partial charge in [0.05, 0.1) is 16.9 Å². The lowest BCUT2D eigenvalue weighted by Crippen LogP contribution is -2.51. The fourth-order valence-electron chi connectivity index (χ4n) is 3.39. The molecular formula is C16H21ClFN3. The summed E-state index contributed by atoms with van der Waals surface area (Å²) in [7, 11) is 0. The van der Waals surface area contributed by atoms with Gasteiger partial charge in [0.2, 0.25) is 0 Å². The molecule has 3 nitrogen and oxygen atoms in total. The minimum absolute atomic E-state index is 0.215. The van der Waals surface area contributed by atoms with Crippen LogP contribution in [0.3, 0.4) is 0 Å². The summed E-state index contributed by atoms with van der Waals surface area (Å²) in [6, 6.07) is 4.25. The summed E-state index contributed by atoms with van der Waals surface area (Å²) < 4.78 is 15.9. The van der Waals surface area contributed by atoms with E-state index < -0.39 is 0 Å². The van der Waals surface area contributed by atoms with Crippen molar-refractivity contribution in [2.45, 2.75) is 58.0 Å². The van der Waals surface area contributed by atoms with Gasteiger partial charge in [-0.25, -0.2) is 14.1 Å².